The molecule has 1 N–H and O–H groups in total. The van der Waals surface area contributed by atoms with Crippen molar-refractivity contribution >= 4 is 6.09 Å². The summed E-state index contributed by atoms with van der Waals surface area (Å²) in [6.07, 6.45) is 6.52. The zero-order valence-electron chi connectivity index (χ0n) is 11.4. The second-order valence-corrected chi connectivity index (χ2v) is 5.19. The Kier molecular flexibility index (Phi) is 4.64. The number of alkyl carbamates (subject to hydrolysis) is 1. The Bertz CT molecular complexity index is 313. The first-order chi connectivity index (χ1) is 8.72. The molecule has 4 nitrogen and oxygen atoms in total. The molecule has 1 fully saturated rings. The first kappa shape index (κ1) is 13.4. The van der Waals surface area contributed by atoms with E-state index in [1.165, 1.54) is 6.42 Å². The SMILES string of the molecule is CCN(CC)CCOC(=O)N[C@@H]1C[C@H]2C=C[C@H]1C2. The van der Waals surface area contributed by atoms with E-state index >= 15 is 0 Å². The molecule has 102 valence electrons. The van der Waals surface area contributed by atoms with E-state index in [-0.39, 0.29) is 6.09 Å². The molecule has 0 aromatic carbocycles. The fourth-order valence-electron chi connectivity index (χ4n) is 2.95. The van der Waals surface area contributed by atoms with E-state index in [1.54, 1.807) is 0 Å². The third-order valence-electron chi connectivity index (χ3n) is 4.12. The van der Waals surface area contributed by atoms with Crippen LogP contribution in [0.5, 0.6) is 0 Å². The number of allylic oxidation sites excluding steroid dienone is 1. The molecule has 3 atom stereocenters. The molecule has 18 heavy (non-hydrogen) atoms. The van der Waals surface area contributed by atoms with E-state index in [0.717, 1.165) is 26.1 Å². The maximum absolute atomic E-state index is 11.7. The Hall–Kier alpha value is -1.03. The van der Waals surface area contributed by atoms with Gasteiger partial charge in [-0.1, -0.05) is 26.0 Å². The molecule has 1 saturated carbocycles. The molecule has 0 saturated heterocycles. The highest BCUT2D eigenvalue weighted by molar-refractivity contribution is 5.67. The predicted molar refractivity (Wildman–Crippen MR) is 71.4 cm³/mol. The summed E-state index contributed by atoms with van der Waals surface area (Å²) in [5, 5.41) is 2.99. The van der Waals surface area contributed by atoms with E-state index in [2.05, 4.69) is 36.2 Å². The molecular weight excluding hydrogens is 228 g/mol. The number of amides is 1. The van der Waals surface area contributed by atoms with Crippen LogP contribution in [0.25, 0.3) is 0 Å². The lowest BCUT2D eigenvalue weighted by atomic mass is 10.0. The largest absolute Gasteiger partial charge is 0.448 e. The second-order valence-electron chi connectivity index (χ2n) is 5.19. The minimum atomic E-state index is -0.256. The van der Waals surface area contributed by atoms with Crippen molar-refractivity contribution in [2.45, 2.75) is 32.7 Å². The second kappa shape index (κ2) is 6.23. The molecule has 2 aliphatic carbocycles. The first-order valence-electron chi connectivity index (χ1n) is 7.06. The van der Waals surface area contributed by atoms with Crippen molar-refractivity contribution in [1.82, 2.24) is 10.2 Å². The molecule has 4 heteroatoms. The quantitative estimate of drug-likeness (QED) is 0.735. The fraction of sp³-hybridized carbons (Fsp3) is 0.786. The zero-order chi connectivity index (χ0) is 13.0. The predicted octanol–water partition coefficient (Wildman–Crippen LogP) is 2.02. The van der Waals surface area contributed by atoms with Crippen molar-refractivity contribution in [2.24, 2.45) is 11.8 Å². The van der Waals surface area contributed by atoms with Crippen molar-refractivity contribution in [3.8, 4) is 0 Å². The van der Waals surface area contributed by atoms with Crippen molar-refractivity contribution in [2.75, 3.05) is 26.2 Å². The van der Waals surface area contributed by atoms with Gasteiger partial charge in [-0.15, -0.1) is 0 Å². The number of nitrogens with zero attached hydrogens (tertiary/aromatic N) is 1. The highest BCUT2D eigenvalue weighted by Crippen LogP contribution is 2.38. The number of hydrogen-bond donors (Lipinski definition) is 1. The van der Waals surface area contributed by atoms with E-state index in [0.29, 0.717) is 24.5 Å². The number of ether oxygens (including phenoxy) is 1. The van der Waals surface area contributed by atoms with Gasteiger partial charge in [0.15, 0.2) is 0 Å². The minimum absolute atomic E-state index is 0.256. The Labute approximate surface area is 109 Å². The van der Waals surface area contributed by atoms with Crippen LogP contribution in [0.15, 0.2) is 12.2 Å². The maximum Gasteiger partial charge on any atom is 0.407 e. The average Bonchev–Trinajstić information content (AvgIpc) is 2.97. The summed E-state index contributed by atoms with van der Waals surface area (Å²) in [5.41, 5.74) is 0. The highest BCUT2D eigenvalue weighted by atomic mass is 16.5. The zero-order valence-corrected chi connectivity index (χ0v) is 11.4. The number of nitrogens with one attached hydrogen (secondary N) is 1. The lowest BCUT2D eigenvalue weighted by molar-refractivity contribution is 0.125. The van der Waals surface area contributed by atoms with Crippen molar-refractivity contribution in [3.05, 3.63) is 12.2 Å². The number of fused-ring (bicyclic) bond motifs is 2. The fourth-order valence-corrected chi connectivity index (χ4v) is 2.95. The van der Waals surface area contributed by atoms with E-state index in [1.807, 2.05) is 0 Å². The van der Waals surface area contributed by atoms with Crippen LogP contribution in [-0.4, -0.2) is 43.3 Å². The molecule has 2 bridgehead atoms. The van der Waals surface area contributed by atoms with Gasteiger partial charge in [-0.05, 0) is 37.8 Å². The lowest BCUT2D eigenvalue weighted by Crippen LogP contribution is -2.39. The Morgan fingerprint density at radius 1 is 1.33 bits per heavy atom. The molecule has 0 aliphatic heterocycles. The molecule has 2 rings (SSSR count). The van der Waals surface area contributed by atoms with Gasteiger partial charge in [0, 0.05) is 12.6 Å². The van der Waals surface area contributed by atoms with Crippen LogP contribution in [0.1, 0.15) is 26.7 Å². The Morgan fingerprint density at radius 2 is 2.11 bits per heavy atom. The summed E-state index contributed by atoms with van der Waals surface area (Å²) >= 11 is 0. The molecule has 1 amide bonds. The molecule has 0 aromatic heterocycles. The van der Waals surface area contributed by atoms with Crippen molar-refractivity contribution < 1.29 is 9.53 Å². The Morgan fingerprint density at radius 3 is 2.67 bits per heavy atom. The maximum atomic E-state index is 11.7. The molecular formula is C14H24N2O2. The van der Waals surface area contributed by atoms with Gasteiger partial charge in [0.1, 0.15) is 6.61 Å². The lowest BCUT2D eigenvalue weighted by Gasteiger charge is -2.21. The number of carbonyl (C=O) groups is 1. The number of likely N-dealkylation sites (N-methyl/N-ethyl adjacent to an activating group) is 1. The van der Waals surface area contributed by atoms with Crippen LogP contribution < -0.4 is 5.32 Å². The van der Waals surface area contributed by atoms with Gasteiger partial charge >= 0.3 is 6.09 Å². The van der Waals surface area contributed by atoms with E-state index < -0.39 is 0 Å². The van der Waals surface area contributed by atoms with Crippen LogP contribution in [0.2, 0.25) is 0 Å². The van der Waals surface area contributed by atoms with Crippen molar-refractivity contribution in [1.29, 1.82) is 0 Å². The summed E-state index contributed by atoms with van der Waals surface area (Å²) in [5.74, 6) is 1.21. The summed E-state index contributed by atoms with van der Waals surface area (Å²) in [6.45, 7) is 7.52. The monoisotopic (exact) mass is 252 g/mol. The standard InChI is InChI=1S/C14H24N2O2/c1-3-16(4-2)7-8-18-14(17)15-13-10-11-5-6-12(13)9-11/h5-6,11-13H,3-4,7-10H2,1-2H3,(H,15,17)/t11-,12-,13+/m0/s1. The minimum Gasteiger partial charge on any atom is -0.448 e. The molecule has 2 aliphatic rings. The molecule has 0 radical (unpaired) electrons. The highest BCUT2D eigenvalue weighted by Gasteiger charge is 2.36. The first-order valence-corrected chi connectivity index (χ1v) is 7.06. The topological polar surface area (TPSA) is 41.6 Å². The van der Waals surface area contributed by atoms with Gasteiger partial charge in [-0.3, -0.25) is 0 Å². The van der Waals surface area contributed by atoms with Crippen LogP contribution in [0.4, 0.5) is 4.79 Å². The van der Waals surface area contributed by atoms with Crippen LogP contribution in [0, 0.1) is 11.8 Å². The summed E-state index contributed by atoms with van der Waals surface area (Å²) in [6, 6.07) is 0.293. The van der Waals surface area contributed by atoms with Crippen LogP contribution in [0.3, 0.4) is 0 Å². The van der Waals surface area contributed by atoms with Gasteiger partial charge < -0.3 is 15.0 Å². The van der Waals surface area contributed by atoms with Gasteiger partial charge in [0.05, 0.1) is 0 Å². The average molecular weight is 252 g/mol. The van der Waals surface area contributed by atoms with Crippen molar-refractivity contribution in [3.63, 3.8) is 0 Å². The normalized spacial score (nSPS) is 28.9. The Balaban J connectivity index is 1.62. The third kappa shape index (κ3) is 3.25. The third-order valence-corrected chi connectivity index (χ3v) is 4.12. The van der Waals surface area contributed by atoms with Gasteiger partial charge in [0.25, 0.3) is 0 Å². The van der Waals surface area contributed by atoms with Crippen LogP contribution in [-0.2, 0) is 4.74 Å². The number of hydrogen-bond acceptors (Lipinski definition) is 3. The van der Waals surface area contributed by atoms with Gasteiger partial charge in [0.2, 0.25) is 0 Å². The smallest absolute Gasteiger partial charge is 0.407 e. The molecule has 0 unspecified atom stereocenters. The van der Waals surface area contributed by atoms with E-state index in [9.17, 15) is 4.79 Å². The molecule has 0 aromatic rings. The number of carbonyl (C=O) groups excluding carboxylic acids is 1. The molecule has 0 heterocycles. The summed E-state index contributed by atoms with van der Waals surface area (Å²) in [7, 11) is 0. The van der Waals surface area contributed by atoms with E-state index in [4.69, 9.17) is 4.74 Å². The summed E-state index contributed by atoms with van der Waals surface area (Å²) in [4.78, 5) is 13.9. The van der Waals surface area contributed by atoms with Gasteiger partial charge in [-0.25, -0.2) is 4.79 Å². The van der Waals surface area contributed by atoms with Gasteiger partial charge in [-0.2, -0.15) is 0 Å². The molecule has 0 spiro atoms. The summed E-state index contributed by atoms with van der Waals surface area (Å²) < 4.78 is 5.23. The number of rotatable bonds is 6. The van der Waals surface area contributed by atoms with Crippen LogP contribution >= 0.6 is 0 Å².